The molecule has 0 radical (unpaired) electrons. The van der Waals surface area contributed by atoms with Crippen molar-refractivity contribution in [1.82, 2.24) is 15.5 Å². The maximum atomic E-state index is 12.1. The lowest BCUT2D eigenvalue weighted by atomic mass is 9.82. The van der Waals surface area contributed by atoms with Gasteiger partial charge in [-0.05, 0) is 72.8 Å². The number of amides is 1. The van der Waals surface area contributed by atoms with Gasteiger partial charge in [0.25, 0.3) is 0 Å². The molecule has 3 fully saturated rings. The van der Waals surface area contributed by atoms with Crippen molar-refractivity contribution in [3.05, 3.63) is 0 Å². The Labute approximate surface area is 146 Å². The molecule has 3 aliphatic rings. The summed E-state index contributed by atoms with van der Waals surface area (Å²) in [4.78, 5) is 14.7. The number of hydrogen-bond acceptors (Lipinski definition) is 4. The maximum absolute atomic E-state index is 12.1. The van der Waals surface area contributed by atoms with E-state index < -0.39 is 5.60 Å². The highest BCUT2D eigenvalue weighted by atomic mass is 16.6. The van der Waals surface area contributed by atoms with Crippen molar-refractivity contribution in [3.63, 3.8) is 0 Å². The van der Waals surface area contributed by atoms with Gasteiger partial charge in [-0.25, -0.2) is 4.79 Å². The third kappa shape index (κ3) is 4.42. The maximum Gasteiger partial charge on any atom is 0.407 e. The van der Waals surface area contributed by atoms with Gasteiger partial charge in [0.15, 0.2) is 0 Å². The van der Waals surface area contributed by atoms with Crippen molar-refractivity contribution < 1.29 is 9.53 Å². The predicted molar refractivity (Wildman–Crippen MR) is 96.1 cm³/mol. The van der Waals surface area contributed by atoms with E-state index in [1.807, 2.05) is 20.8 Å². The van der Waals surface area contributed by atoms with Crippen molar-refractivity contribution >= 4 is 6.09 Å². The molecular weight excluding hydrogens is 302 g/mol. The van der Waals surface area contributed by atoms with Crippen LogP contribution in [0.4, 0.5) is 4.79 Å². The fraction of sp³-hybridized carbons (Fsp3) is 0.947. The lowest BCUT2D eigenvalue weighted by molar-refractivity contribution is 0.0416. The summed E-state index contributed by atoms with van der Waals surface area (Å²) < 4.78 is 5.43. The highest BCUT2D eigenvalue weighted by Gasteiger charge is 2.38. The van der Waals surface area contributed by atoms with Gasteiger partial charge in [0.2, 0.25) is 0 Å². The van der Waals surface area contributed by atoms with Crippen LogP contribution >= 0.6 is 0 Å². The van der Waals surface area contributed by atoms with Crippen LogP contribution in [0.2, 0.25) is 0 Å². The molecular formula is C19H35N3O2. The topological polar surface area (TPSA) is 53.6 Å². The Balaban J connectivity index is 1.52. The van der Waals surface area contributed by atoms with Gasteiger partial charge in [0.1, 0.15) is 5.60 Å². The van der Waals surface area contributed by atoms with Gasteiger partial charge < -0.3 is 20.3 Å². The van der Waals surface area contributed by atoms with Gasteiger partial charge in [-0.1, -0.05) is 6.42 Å². The molecule has 1 amide bonds. The molecule has 24 heavy (non-hydrogen) atoms. The number of nitrogens with one attached hydrogen (secondary N) is 2. The van der Waals surface area contributed by atoms with Gasteiger partial charge in [-0.3, -0.25) is 0 Å². The second kappa shape index (κ2) is 7.20. The second-order valence-electron chi connectivity index (χ2n) is 9.03. The third-order valence-corrected chi connectivity index (χ3v) is 6.01. The van der Waals surface area contributed by atoms with Crippen LogP contribution in [0.5, 0.6) is 0 Å². The average Bonchev–Trinajstić information content (AvgIpc) is 2.85. The van der Waals surface area contributed by atoms with Crippen molar-refractivity contribution in [1.29, 1.82) is 0 Å². The van der Waals surface area contributed by atoms with E-state index in [-0.39, 0.29) is 12.1 Å². The molecule has 2 N–H and O–H groups in total. The summed E-state index contributed by atoms with van der Waals surface area (Å²) in [6.07, 6.45) is 9.69. The molecule has 5 nitrogen and oxygen atoms in total. The molecule has 1 aliphatic carbocycles. The number of nitrogens with zero attached hydrogens (tertiary/aromatic N) is 1. The number of piperidine rings is 2. The number of carbonyl (C=O) groups excluding carboxylic acids is 1. The summed E-state index contributed by atoms with van der Waals surface area (Å²) in [6.45, 7) is 5.73. The largest absolute Gasteiger partial charge is 0.444 e. The Hall–Kier alpha value is -0.810. The standard InChI is InChI=1S/C19H35N3O2/c1-19(2,3)24-18(23)21-17-10-6-9-16(17)20-13-11-14-7-5-8-15(12-13)22(14)4/h13-17,20H,5-12H2,1-4H3,(H,21,23)/t14-,15-,16+,17+/m0/s1. The third-order valence-electron chi connectivity index (χ3n) is 6.01. The van der Waals surface area contributed by atoms with E-state index in [1.165, 1.54) is 38.5 Å². The van der Waals surface area contributed by atoms with Crippen molar-refractivity contribution in [3.8, 4) is 0 Å². The van der Waals surface area contributed by atoms with Gasteiger partial charge in [0, 0.05) is 30.2 Å². The van der Waals surface area contributed by atoms with Gasteiger partial charge in [0.05, 0.1) is 0 Å². The van der Waals surface area contributed by atoms with Gasteiger partial charge in [-0.2, -0.15) is 0 Å². The minimum Gasteiger partial charge on any atom is -0.444 e. The highest BCUT2D eigenvalue weighted by Crippen LogP contribution is 2.33. The van der Waals surface area contributed by atoms with Crippen LogP contribution in [0.1, 0.15) is 72.1 Å². The molecule has 4 atom stereocenters. The molecule has 0 aromatic rings. The molecule has 2 saturated heterocycles. The van der Waals surface area contributed by atoms with Crippen molar-refractivity contribution in [2.75, 3.05) is 7.05 Å². The van der Waals surface area contributed by atoms with Crippen LogP contribution < -0.4 is 10.6 Å². The molecule has 0 spiro atoms. The molecule has 2 bridgehead atoms. The minimum atomic E-state index is -0.434. The normalized spacial score (nSPS) is 37.2. The van der Waals surface area contributed by atoms with E-state index in [4.69, 9.17) is 4.74 Å². The molecule has 1 saturated carbocycles. The fourth-order valence-corrected chi connectivity index (χ4v) is 4.85. The lowest BCUT2D eigenvalue weighted by Gasteiger charge is -2.48. The van der Waals surface area contributed by atoms with E-state index in [1.54, 1.807) is 0 Å². The number of carbonyl (C=O) groups is 1. The van der Waals surface area contributed by atoms with Crippen LogP contribution in [0.15, 0.2) is 0 Å². The van der Waals surface area contributed by atoms with E-state index in [9.17, 15) is 4.79 Å². The monoisotopic (exact) mass is 337 g/mol. The quantitative estimate of drug-likeness (QED) is 0.831. The SMILES string of the molecule is CN1[C@H]2CCC[C@H]1CC(N[C@@H]1CCC[C@H]1NC(=O)OC(C)(C)C)C2. The number of fused-ring (bicyclic) bond motifs is 2. The van der Waals surface area contributed by atoms with E-state index in [0.717, 1.165) is 24.9 Å². The second-order valence-corrected chi connectivity index (χ2v) is 9.03. The number of alkyl carbamates (subject to hydrolysis) is 1. The van der Waals surface area contributed by atoms with Crippen LogP contribution in [-0.2, 0) is 4.74 Å². The highest BCUT2D eigenvalue weighted by molar-refractivity contribution is 5.68. The molecule has 138 valence electrons. The average molecular weight is 338 g/mol. The first-order valence-electron chi connectivity index (χ1n) is 9.79. The van der Waals surface area contributed by atoms with Crippen LogP contribution in [0.25, 0.3) is 0 Å². The Morgan fingerprint density at radius 3 is 2.21 bits per heavy atom. The minimum absolute atomic E-state index is 0.208. The lowest BCUT2D eigenvalue weighted by Crippen LogP contribution is -2.58. The molecule has 0 unspecified atom stereocenters. The summed E-state index contributed by atoms with van der Waals surface area (Å²) >= 11 is 0. The Bertz CT molecular complexity index is 434. The number of ether oxygens (including phenoxy) is 1. The molecule has 0 aromatic carbocycles. The zero-order valence-electron chi connectivity index (χ0n) is 15.8. The van der Waals surface area contributed by atoms with Crippen molar-refractivity contribution in [2.24, 2.45) is 0 Å². The number of hydrogen-bond donors (Lipinski definition) is 2. The smallest absolute Gasteiger partial charge is 0.407 e. The number of rotatable bonds is 3. The summed E-state index contributed by atoms with van der Waals surface area (Å²) in [7, 11) is 2.30. The molecule has 0 aromatic heterocycles. The predicted octanol–water partition coefficient (Wildman–Crippen LogP) is 3.04. The summed E-state index contributed by atoms with van der Waals surface area (Å²) in [5.74, 6) is 0. The van der Waals surface area contributed by atoms with Gasteiger partial charge >= 0.3 is 6.09 Å². The van der Waals surface area contributed by atoms with Gasteiger partial charge in [-0.15, -0.1) is 0 Å². The van der Waals surface area contributed by atoms with Crippen LogP contribution in [0, 0.1) is 0 Å². The Morgan fingerprint density at radius 1 is 1.00 bits per heavy atom. The van der Waals surface area contributed by atoms with Crippen molar-refractivity contribution in [2.45, 2.75) is 108 Å². The molecule has 2 heterocycles. The first-order chi connectivity index (χ1) is 11.3. The zero-order valence-corrected chi connectivity index (χ0v) is 15.8. The van der Waals surface area contributed by atoms with E-state index >= 15 is 0 Å². The Morgan fingerprint density at radius 2 is 1.58 bits per heavy atom. The summed E-state index contributed by atoms with van der Waals surface area (Å²) in [6, 6.07) is 2.69. The Kier molecular flexibility index (Phi) is 5.40. The molecule has 2 aliphatic heterocycles. The zero-order chi connectivity index (χ0) is 17.3. The van der Waals surface area contributed by atoms with Crippen LogP contribution in [0.3, 0.4) is 0 Å². The molecule has 5 heteroatoms. The summed E-state index contributed by atoms with van der Waals surface area (Å²) in [5.41, 5.74) is -0.434. The van der Waals surface area contributed by atoms with E-state index in [0.29, 0.717) is 12.1 Å². The van der Waals surface area contributed by atoms with E-state index in [2.05, 4.69) is 22.6 Å². The fourth-order valence-electron chi connectivity index (χ4n) is 4.85. The molecule has 3 rings (SSSR count). The first-order valence-corrected chi connectivity index (χ1v) is 9.79. The summed E-state index contributed by atoms with van der Waals surface area (Å²) in [5, 5.41) is 6.99. The van der Waals surface area contributed by atoms with Crippen LogP contribution in [-0.4, -0.2) is 53.9 Å². The first kappa shape index (κ1) is 18.0.